The average molecular weight is 268 g/mol. The molecule has 92 valence electrons. The van der Waals surface area contributed by atoms with Gasteiger partial charge in [0.05, 0.1) is 12.2 Å². The van der Waals surface area contributed by atoms with E-state index in [2.05, 4.69) is 0 Å². The van der Waals surface area contributed by atoms with Gasteiger partial charge in [-0.1, -0.05) is 11.6 Å². The molecule has 0 atom stereocenters. The van der Waals surface area contributed by atoms with E-state index in [1.807, 2.05) is 6.07 Å². The topological polar surface area (TPSA) is 54.7 Å². The molecule has 1 heterocycles. The minimum Gasteiger partial charge on any atom is -0.339 e. The van der Waals surface area contributed by atoms with Crippen LogP contribution in [0.25, 0.3) is 11.1 Å². The van der Waals surface area contributed by atoms with Crippen LogP contribution in [0.2, 0.25) is 5.02 Å². The van der Waals surface area contributed by atoms with Crippen molar-refractivity contribution >= 4 is 11.6 Å². The standard InChI is InChI=1S/C12H8ClF2N3/c13-11-10(14)2-1-8(12(11)15)9-5-18(6-17)4-7(9)3-16/h1-2,4-5H,6,17H2. The van der Waals surface area contributed by atoms with Crippen molar-refractivity contribution in [3.05, 3.63) is 46.7 Å². The highest BCUT2D eigenvalue weighted by molar-refractivity contribution is 6.31. The van der Waals surface area contributed by atoms with E-state index in [-0.39, 0.29) is 17.8 Å². The summed E-state index contributed by atoms with van der Waals surface area (Å²) < 4.78 is 28.5. The zero-order valence-electron chi connectivity index (χ0n) is 9.12. The second-order valence-electron chi connectivity index (χ2n) is 3.62. The van der Waals surface area contributed by atoms with E-state index in [4.69, 9.17) is 22.6 Å². The van der Waals surface area contributed by atoms with Gasteiger partial charge in [0.25, 0.3) is 0 Å². The Bertz CT molecular complexity index is 644. The van der Waals surface area contributed by atoms with E-state index < -0.39 is 16.7 Å². The van der Waals surface area contributed by atoms with Gasteiger partial charge in [-0.25, -0.2) is 8.78 Å². The molecule has 0 amide bonds. The molecule has 3 nitrogen and oxygen atoms in total. The number of nitrogens with zero attached hydrogens (tertiary/aromatic N) is 2. The summed E-state index contributed by atoms with van der Waals surface area (Å²) in [6.07, 6.45) is 3.01. The summed E-state index contributed by atoms with van der Waals surface area (Å²) in [7, 11) is 0. The molecule has 0 aliphatic heterocycles. The first kappa shape index (κ1) is 12.6. The molecule has 0 radical (unpaired) electrons. The lowest BCUT2D eigenvalue weighted by Gasteiger charge is -2.04. The molecule has 2 rings (SSSR count). The van der Waals surface area contributed by atoms with E-state index in [1.165, 1.54) is 23.0 Å². The largest absolute Gasteiger partial charge is 0.339 e. The number of aromatic nitrogens is 1. The Morgan fingerprint density at radius 3 is 2.61 bits per heavy atom. The van der Waals surface area contributed by atoms with Crippen LogP contribution in [0.15, 0.2) is 24.5 Å². The number of benzene rings is 1. The van der Waals surface area contributed by atoms with Crippen molar-refractivity contribution < 1.29 is 8.78 Å². The molecular formula is C12H8ClF2N3. The van der Waals surface area contributed by atoms with Crippen LogP contribution in [0.3, 0.4) is 0 Å². The molecule has 0 spiro atoms. The van der Waals surface area contributed by atoms with Crippen molar-refractivity contribution in [2.24, 2.45) is 5.73 Å². The first-order valence-electron chi connectivity index (χ1n) is 5.02. The van der Waals surface area contributed by atoms with Crippen LogP contribution in [0, 0.1) is 23.0 Å². The highest BCUT2D eigenvalue weighted by atomic mass is 35.5. The molecule has 0 aliphatic rings. The lowest BCUT2D eigenvalue weighted by molar-refractivity contribution is 0.586. The first-order valence-corrected chi connectivity index (χ1v) is 5.40. The molecule has 2 aromatic rings. The molecule has 6 heteroatoms. The fourth-order valence-electron chi connectivity index (χ4n) is 1.65. The van der Waals surface area contributed by atoms with Gasteiger partial charge < -0.3 is 10.3 Å². The van der Waals surface area contributed by atoms with Gasteiger partial charge in [-0.05, 0) is 12.1 Å². The van der Waals surface area contributed by atoms with Crippen molar-refractivity contribution in [1.29, 1.82) is 5.26 Å². The van der Waals surface area contributed by atoms with E-state index >= 15 is 0 Å². The van der Waals surface area contributed by atoms with Gasteiger partial charge in [0, 0.05) is 23.5 Å². The normalized spacial score (nSPS) is 10.4. The number of nitrogens with two attached hydrogens (primary N) is 1. The van der Waals surface area contributed by atoms with Crippen molar-refractivity contribution in [2.45, 2.75) is 6.67 Å². The van der Waals surface area contributed by atoms with Crippen LogP contribution in [0.4, 0.5) is 8.78 Å². The minimum atomic E-state index is -0.886. The Labute approximate surface area is 107 Å². The molecule has 0 saturated heterocycles. The highest BCUT2D eigenvalue weighted by Crippen LogP contribution is 2.31. The number of halogens is 3. The fraction of sp³-hybridized carbons (Fsp3) is 0.0833. The molecular weight excluding hydrogens is 260 g/mol. The molecule has 0 aliphatic carbocycles. The fourth-order valence-corrected chi connectivity index (χ4v) is 1.82. The maximum Gasteiger partial charge on any atom is 0.152 e. The van der Waals surface area contributed by atoms with E-state index in [1.54, 1.807) is 0 Å². The van der Waals surface area contributed by atoms with Gasteiger partial charge >= 0.3 is 0 Å². The Morgan fingerprint density at radius 1 is 1.28 bits per heavy atom. The molecule has 0 bridgehead atoms. The SMILES string of the molecule is N#Cc1cn(CN)cc1-c1ccc(F)c(Cl)c1F. The van der Waals surface area contributed by atoms with Crippen LogP contribution in [0.1, 0.15) is 5.56 Å². The molecule has 2 N–H and O–H groups in total. The number of rotatable bonds is 2. The molecule has 0 unspecified atom stereocenters. The van der Waals surface area contributed by atoms with Crippen LogP contribution >= 0.6 is 11.6 Å². The summed E-state index contributed by atoms with van der Waals surface area (Å²) in [5, 5.41) is 8.38. The van der Waals surface area contributed by atoms with Crippen LogP contribution in [-0.4, -0.2) is 4.57 Å². The smallest absolute Gasteiger partial charge is 0.152 e. The van der Waals surface area contributed by atoms with Gasteiger partial charge in [-0.15, -0.1) is 0 Å². The quantitative estimate of drug-likeness (QED) is 0.851. The number of nitriles is 1. The van der Waals surface area contributed by atoms with Crippen molar-refractivity contribution in [3.63, 3.8) is 0 Å². The average Bonchev–Trinajstić information content (AvgIpc) is 2.79. The maximum absolute atomic E-state index is 13.9. The van der Waals surface area contributed by atoms with Gasteiger partial charge in [0.1, 0.15) is 16.9 Å². The van der Waals surface area contributed by atoms with Crippen molar-refractivity contribution in [1.82, 2.24) is 4.57 Å². The Balaban J connectivity index is 2.66. The van der Waals surface area contributed by atoms with Gasteiger partial charge in [0.2, 0.25) is 0 Å². The van der Waals surface area contributed by atoms with Crippen molar-refractivity contribution in [3.8, 4) is 17.2 Å². The maximum atomic E-state index is 13.9. The van der Waals surface area contributed by atoms with Crippen molar-refractivity contribution in [2.75, 3.05) is 0 Å². The number of hydrogen-bond acceptors (Lipinski definition) is 2. The van der Waals surface area contributed by atoms with E-state index in [9.17, 15) is 8.78 Å². The van der Waals surface area contributed by atoms with Gasteiger partial charge in [-0.2, -0.15) is 5.26 Å². The molecule has 1 aromatic carbocycles. The summed E-state index contributed by atoms with van der Waals surface area (Å²) >= 11 is 5.50. The minimum absolute atomic E-state index is 0.0742. The zero-order valence-corrected chi connectivity index (χ0v) is 9.88. The Morgan fingerprint density at radius 2 is 2.00 bits per heavy atom. The summed E-state index contributed by atoms with van der Waals surface area (Å²) in [6, 6.07) is 4.23. The highest BCUT2D eigenvalue weighted by Gasteiger charge is 2.17. The third-order valence-corrected chi connectivity index (χ3v) is 2.88. The Hall–Kier alpha value is -1.90. The zero-order chi connectivity index (χ0) is 13.3. The molecule has 0 saturated carbocycles. The van der Waals surface area contributed by atoms with Crippen LogP contribution < -0.4 is 5.73 Å². The Kier molecular flexibility index (Phi) is 3.32. The monoisotopic (exact) mass is 267 g/mol. The molecule has 0 fully saturated rings. The summed E-state index contributed by atoms with van der Waals surface area (Å²) in [6.45, 7) is 0.158. The first-order chi connectivity index (χ1) is 8.58. The summed E-state index contributed by atoms with van der Waals surface area (Å²) in [5.41, 5.74) is 6.09. The number of hydrogen-bond donors (Lipinski definition) is 1. The summed E-state index contributed by atoms with van der Waals surface area (Å²) in [4.78, 5) is 0. The van der Waals surface area contributed by atoms with Crippen LogP contribution in [0.5, 0.6) is 0 Å². The molecule has 18 heavy (non-hydrogen) atoms. The third kappa shape index (κ3) is 1.96. The lowest BCUT2D eigenvalue weighted by atomic mass is 10.0. The lowest BCUT2D eigenvalue weighted by Crippen LogP contribution is -2.03. The third-order valence-electron chi connectivity index (χ3n) is 2.54. The van der Waals surface area contributed by atoms with Gasteiger partial charge in [0.15, 0.2) is 5.82 Å². The second kappa shape index (κ2) is 4.77. The second-order valence-corrected chi connectivity index (χ2v) is 4.00. The summed E-state index contributed by atoms with van der Waals surface area (Å²) in [5.74, 6) is -1.72. The van der Waals surface area contributed by atoms with E-state index in [0.29, 0.717) is 5.56 Å². The van der Waals surface area contributed by atoms with E-state index in [0.717, 1.165) is 6.07 Å². The predicted octanol–water partition coefficient (Wildman–Crippen LogP) is 2.87. The van der Waals surface area contributed by atoms with Gasteiger partial charge in [-0.3, -0.25) is 0 Å². The predicted molar refractivity (Wildman–Crippen MR) is 63.7 cm³/mol. The molecule has 1 aromatic heterocycles. The van der Waals surface area contributed by atoms with Crippen LogP contribution in [-0.2, 0) is 6.67 Å².